The van der Waals surface area contributed by atoms with Gasteiger partial charge in [0.1, 0.15) is 11.6 Å². The van der Waals surface area contributed by atoms with Gasteiger partial charge in [-0.15, -0.1) is 0 Å². The summed E-state index contributed by atoms with van der Waals surface area (Å²) < 4.78 is 18.0. The summed E-state index contributed by atoms with van der Waals surface area (Å²) in [5, 5.41) is 12.7. The van der Waals surface area contributed by atoms with Crippen LogP contribution in [0.5, 0.6) is 5.75 Å². The molecule has 0 aliphatic heterocycles. The van der Waals surface area contributed by atoms with E-state index in [9.17, 15) is 24.1 Å². The molecule has 0 bridgehead atoms. The number of nitrogens with one attached hydrogen (secondary N) is 3. The lowest BCUT2D eigenvalue weighted by atomic mass is 10.2. The van der Waals surface area contributed by atoms with E-state index in [0.717, 1.165) is 0 Å². The van der Waals surface area contributed by atoms with Gasteiger partial charge in [-0.3, -0.25) is 35.9 Å². The van der Waals surface area contributed by atoms with Gasteiger partial charge in [-0.2, -0.15) is 0 Å². The number of benzene rings is 2. The highest BCUT2D eigenvalue weighted by Crippen LogP contribution is 2.16. The zero-order chi connectivity index (χ0) is 21.2. The van der Waals surface area contributed by atoms with Crippen molar-refractivity contribution in [3.05, 3.63) is 76.1 Å². The van der Waals surface area contributed by atoms with Gasteiger partial charge in [-0.05, 0) is 48.1 Å². The third kappa shape index (κ3) is 7.72. The minimum absolute atomic E-state index is 0.0990. The van der Waals surface area contributed by atoms with Crippen LogP contribution in [-0.2, 0) is 9.59 Å². The number of hydrogen-bond donors (Lipinski definition) is 3. The molecule has 2 aromatic carbocycles. The van der Waals surface area contributed by atoms with Gasteiger partial charge in [-0.1, -0.05) is 12.1 Å². The summed E-state index contributed by atoms with van der Waals surface area (Å²) in [7, 11) is 0. The number of ether oxygens (including phenoxy) is 1. The number of thiocarbonyl (C=S) groups is 1. The summed E-state index contributed by atoms with van der Waals surface area (Å²) in [6.07, 6.45) is 2.66. The van der Waals surface area contributed by atoms with Crippen molar-refractivity contribution in [2.75, 3.05) is 6.61 Å². The number of nitro groups is 1. The molecule has 0 spiro atoms. The lowest BCUT2D eigenvalue weighted by Crippen LogP contribution is -2.49. The molecule has 2 amide bonds. The topological polar surface area (TPSA) is 123 Å². The summed E-state index contributed by atoms with van der Waals surface area (Å²) in [4.78, 5) is 33.4. The van der Waals surface area contributed by atoms with Crippen molar-refractivity contribution < 1.29 is 23.6 Å². The van der Waals surface area contributed by atoms with Crippen LogP contribution in [0.2, 0.25) is 0 Å². The van der Waals surface area contributed by atoms with Crippen LogP contribution in [-0.4, -0.2) is 28.5 Å². The molecule has 150 valence electrons. The van der Waals surface area contributed by atoms with Crippen LogP contribution >= 0.6 is 12.2 Å². The summed E-state index contributed by atoms with van der Waals surface area (Å²) >= 11 is 4.87. The molecular weight excluding hydrogens is 403 g/mol. The van der Waals surface area contributed by atoms with Gasteiger partial charge in [0, 0.05) is 18.2 Å². The van der Waals surface area contributed by atoms with Crippen LogP contribution in [0.3, 0.4) is 0 Å². The number of nitro benzene ring substituents is 1. The minimum atomic E-state index is -0.596. The summed E-state index contributed by atoms with van der Waals surface area (Å²) in [6, 6.07) is 10.7. The molecule has 0 aromatic heterocycles. The Hall–Kier alpha value is -3.86. The van der Waals surface area contributed by atoms with E-state index in [4.69, 9.17) is 17.0 Å². The molecule has 3 N–H and O–H groups in total. The summed E-state index contributed by atoms with van der Waals surface area (Å²) in [5.41, 5.74) is 5.07. The van der Waals surface area contributed by atoms with Crippen LogP contribution in [0.1, 0.15) is 5.56 Å². The summed E-state index contributed by atoms with van der Waals surface area (Å²) in [5.74, 6) is -1.26. The van der Waals surface area contributed by atoms with Gasteiger partial charge in [0.05, 0.1) is 4.92 Å². The molecule has 9 nitrogen and oxygen atoms in total. The first-order valence-electron chi connectivity index (χ1n) is 8.04. The number of non-ortho nitro benzene ring substituents is 1. The first-order chi connectivity index (χ1) is 13.8. The fourth-order valence-corrected chi connectivity index (χ4v) is 2.06. The van der Waals surface area contributed by atoms with Crippen LogP contribution in [0, 0.1) is 15.9 Å². The Morgan fingerprint density at radius 1 is 1.10 bits per heavy atom. The Kier molecular flexibility index (Phi) is 7.74. The Morgan fingerprint density at radius 3 is 2.38 bits per heavy atom. The second-order valence-corrected chi connectivity index (χ2v) is 5.82. The Morgan fingerprint density at radius 2 is 1.76 bits per heavy atom. The molecule has 0 fully saturated rings. The Labute approximate surface area is 169 Å². The molecule has 2 rings (SSSR count). The number of carbonyl (C=O) groups excluding carboxylic acids is 2. The Balaban J connectivity index is 1.69. The zero-order valence-electron chi connectivity index (χ0n) is 14.8. The molecule has 0 aliphatic carbocycles. The molecule has 0 saturated heterocycles. The molecule has 0 heterocycles. The molecular formula is C18H15FN4O5S. The average Bonchev–Trinajstić information content (AvgIpc) is 2.70. The standard InChI is InChI=1S/C18H15FN4O5S/c19-13-4-1-12(2-5-13)3-10-16(24)20-18(29)22-21-17(25)11-28-15-8-6-14(7-9-15)23(26)27/h1-10H,11H2,(H,21,25)(H2,20,22,24,29). The second kappa shape index (κ2) is 10.5. The molecule has 0 atom stereocenters. The van der Waals surface area contributed by atoms with Crippen molar-refractivity contribution in [1.82, 2.24) is 16.2 Å². The third-order valence-corrected chi connectivity index (χ3v) is 3.47. The number of amides is 2. The Bertz CT molecular complexity index is 932. The average molecular weight is 418 g/mol. The second-order valence-electron chi connectivity index (χ2n) is 5.42. The van der Waals surface area contributed by atoms with E-state index in [2.05, 4.69) is 16.2 Å². The van der Waals surface area contributed by atoms with Crippen LogP contribution in [0.25, 0.3) is 6.08 Å². The maximum Gasteiger partial charge on any atom is 0.276 e. The molecule has 29 heavy (non-hydrogen) atoms. The van der Waals surface area contributed by atoms with E-state index >= 15 is 0 Å². The van der Waals surface area contributed by atoms with Gasteiger partial charge in [-0.25, -0.2) is 4.39 Å². The smallest absolute Gasteiger partial charge is 0.276 e. The molecule has 2 aromatic rings. The fourth-order valence-electron chi connectivity index (χ4n) is 1.91. The normalized spacial score (nSPS) is 10.2. The number of rotatable bonds is 6. The lowest BCUT2D eigenvalue weighted by Gasteiger charge is -2.10. The van der Waals surface area contributed by atoms with Gasteiger partial charge < -0.3 is 4.74 Å². The van der Waals surface area contributed by atoms with E-state index in [1.54, 1.807) is 0 Å². The molecule has 11 heteroatoms. The zero-order valence-corrected chi connectivity index (χ0v) is 15.6. The number of hydrogen-bond acceptors (Lipinski definition) is 6. The lowest BCUT2D eigenvalue weighted by molar-refractivity contribution is -0.384. The molecule has 0 unspecified atom stereocenters. The monoisotopic (exact) mass is 418 g/mol. The predicted octanol–water partition coefficient (Wildman–Crippen LogP) is 1.85. The van der Waals surface area contributed by atoms with Gasteiger partial charge in [0.2, 0.25) is 5.91 Å². The highest BCUT2D eigenvalue weighted by molar-refractivity contribution is 7.80. The van der Waals surface area contributed by atoms with Crippen molar-refractivity contribution in [3.8, 4) is 5.75 Å². The first kappa shape index (κ1) is 21.4. The number of nitrogens with zero attached hydrogens (tertiary/aromatic N) is 1. The van der Waals surface area contributed by atoms with Crippen molar-refractivity contribution in [1.29, 1.82) is 0 Å². The predicted molar refractivity (Wildman–Crippen MR) is 106 cm³/mol. The van der Waals surface area contributed by atoms with E-state index in [-0.39, 0.29) is 29.0 Å². The largest absolute Gasteiger partial charge is 0.484 e. The minimum Gasteiger partial charge on any atom is -0.484 e. The first-order valence-corrected chi connectivity index (χ1v) is 8.45. The highest BCUT2D eigenvalue weighted by atomic mass is 32.1. The van der Waals surface area contributed by atoms with Gasteiger partial charge in [0.25, 0.3) is 11.6 Å². The third-order valence-electron chi connectivity index (χ3n) is 3.27. The van der Waals surface area contributed by atoms with E-state index in [0.29, 0.717) is 5.56 Å². The van der Waals surface area contributed by atoms with Crippen molar-refractivity contribution in [3.63, 3.8) is 0 Å². The highest BCUT2D eigenvalue weighted by Gasteiger charge is 2.07. The summed E-state index contributed by atoms with van der Waals surface area (Å²) in [6.45, 7) is -0.383. The molecule has 0 saturated carbocycles. The van der Waals surface area contributed by atoms with Gasteiger partial charge in [0.15, 0.2) is 11.7 Å². The van der Waals surface area contributed by atoms with E-state index < -0.39 is 16.7 Å². The fraction of sp³-hybridized carbons (Fsp3) is 0.0556. The molecule has 0 radical (unpaired) electrons. The number of carbonyl (C=O) groups is 2. The van der Waals surface area contributed by atoms with Crippen molar-refractivity contribution >= 4 is 40.9 Å². The SMILES string of the molecule is O=C(C=Cc1ccc(F)cc1)NC(=S)NNC(=O)COc1ccc([N+](=O)[O-])cc1. The number of hydrazine groups is 1. The quantitative estimate of drug-likeness (QED) is 0.283. The van der Waals surface area contributed by atoms with E-state index in [1.807, 2.05) is 0 Å². The van der Waals surface area contributed by atoms with Crippen molar-refractivity contribution in [2.24, 2.45) is 0 Å². The maximum absolute atomic E-state index is 12.8. The van der Waals surface area contributed by atoms with E-state index in [1.165, 1.54) is 60.7 Å². The van der Waals surface area contributed by atoms with Crippen LogP contribution in [0.15, 0.2) is 54.6 Å². The van der Waals surface area contributed by atoms with Crippen LogP contribution in [0.4, 0.5) is 10.1 Å². The van der Waals surface area contributed by atoms with Crippen LogP contribution < -0.4 is 20.9 Å². The van der Waals surface area contributed by atoms with Crippen molar-refractivity contribution in [2.45, 2.75) is 0 Å². The maximum atomic E-state index is 12.8. The number of halogens is 1. The molecule has 0 aliphatic rings. The van der Waals surface area contributed by atoms with Gasteiger partial charge >= 0.3 is 0 Å².